The summed E-state index contributed by atoms with van der Waals surface area (Å²) < 4.78 is 0. The van der Waals surface area contributed by atoms with Gasteiger partial charge in [0.25, 0.3) is 0 Å². The molecule has 0 bridgehead atoms. The number of nitrogens with zero attached hydrogens (tertiary/aromatic N) is 3. The second-order valence-electron chi connectivity index (χ2n) is 7.97. The molecule has 1 heterocycles. The normalized spacial score (nSPS) is 13.3. The maximum absolute atomic E-state index is 8.93. The predicted molar refractivity (Wildman–Crippen MR) is 143 cm³/mol. The van der Waals surface area contributed by atoms with Crippen molar-refractivity contribution in [2.45, 2.75) is 19.8 Å². The molecule has 0 aliphatic carbocycles. The van der Waals surface area contributed by atoms with Crippen LogP contribution in [0.4, 0.5) is 0 Å². The molecule has 3 aromatic rings. The van der Waals surface area contributed by atoms with Crippen molar-refractivity contribution in [1.29, 1.82) is 5.26 Å². The topological polar surface area (TPSA) is 127 Å². The molecule has 0 saturated carbocycles. The molecule has 1 atom stereocenters. The highest BCUT2D eigenvalue weighted by molar-refractivity contribution is 6.30. The van der Waals surface area contributed by atoms with Gasteiger partial charge in [-0.05, 0) is 60.5 Å². The fourth-order valence-corrected chi connectivity index (χ4v) is 3.92. The Labute approximate surface area is 210 Å². The number of nitrogens with two attached hydrogens (primary N) is 1. The van der Waals surface area contributed by atoms with Gasteiger partial charge in [-0.25, -0.2) is 10.8 Å². The summed E-state index contributed by atoms with van der Waals surface area (Å²) in [5.41, 5.74) is 8.49. The number of imidazole rings is 1. The number of amidine groups is 1. The highest BCUT2D eigenvalue weighted by Gasteiger charge is 2.15. The summed E-state index contributed by atoms with van der Waals surface area (Å²) >= 11 is 6.17. The summed E-state index contributed by atoms with van der Waals surface area (Å²) in [6.45, 7) is 8.80. The minimum absolute atomic E-state index is 0.222. The Morgan fingerprint density at radius 2 is 2.17 bits per heavy atom. The zero-order valence-corrected chi connectivity index (χ0v) is 20.7. The molecule has 0 aliphatic rings. The third-order valence-electron chi connectivity index (χ3n) is 5.53. The van der Waals surface area contributed by atoms with E-state index in [0.29, 0.717) is 17.9 Å². The van der Waals surface area contributed by atoms with Crippen LogP contribution in [0.2, 0.25) is 5.02 Å². The average Bonchev–Trinajstić information content (AvgIpc) is 3.28. The van der Waals surface area contributed by atoms with Crippen LogP contribution in [-0.2, 0) is 0 Å². The molecular weight excluding hydrogens is 460 g/mol. The van der Waals surface area contributed by atoms with Gasteiger partial charge < -0.3 is 21.0 Å². The molecule has 0 saturated heterocycles. The maximum atomic E-state index is 8.93. The third kappa shape index (κ3) is 6.09. The van der Waals surface area contributed by atoms with Crippen molar-refractivity contribution >= 4 is 34.0 Å². The first-order chi connectivity index (χ1) is 16.9. The number of hydrogen-bond donors (Lipinski definition) is 5. The van der Waals surface area contributed by atoms with Gasteiger partial charge in [0.2, 0.25) is 6.19 Å². The van der Waals surface area contributed by atoms with Gasteiger partial charge in [-0.15, -0.1) is 0 Å². The molecule has 2 aromatic carbocycles. The number of benzene rings is 2. The SMILES string of the molecule is C=C/C(=C(\C=C/NC)NCC(C)c1cccc(Cl)c1)c1nc2c(C)cc(C(=NC#N)NN)cc2[nH]1. The maximum Gasteiger partial charge on any atom is 0.207 e. The Morgan fingerprint density at radius 1 is 1.37 bits per heavy atom. The molecule has 0 radical (unpaired) electrons. The zero-order valence-electron chi connectivity index (χ0n) is 20.0. The van der Waals surface area contributed by atoms with E-state index in [1.165, 1.54) is 0 Å². The molecule has 9 heteroatoms. The van der Waals surface area contributed by atoms with Gasteiger partial charge in [-0.1, -0.05) is 43.3 Å². The lowest BCUT2D eigenvalue weighted by Gasteiger charge is -2.17. The molecule has 0 aliphatic heterocycles. The summed E-state index contributed by atoms with van der Waals surface area (Å²) in [4.78, 5) is 11.9. The summed E-state index contributed by atoms with van der Waals surface area (Å²) in [7, 11) is 1.84. The molecule has 8 nitrogen and oxygen atoms in total. The van der Waals surface area contributed by atoms with Crippen LogP contribution >= 0.6 is 11.6 Å². The Bertz CT molecular complexity index is 1340. The van der Waals surface area contributed by atoms with Crippen LogP contribution < -0.4 is 21.9 Å². The Kier molecular flexibility index (Phi) is 8.68. The van der Waals surface area contributed by atoms with Gasteiger partial charge in [-0.2, -0.15) is 10.3 Å². The number of hydrazine groups is 1. The fraction of sp³-hybridized carbons (Fsp3) is 0.192. The fourth-order valence-electron chi connectivity index (χ4n) is 3.72. The lowest BCUT2D eigenvalue weighted by Crippen LogP contribution is -2.30. The van der Waals surface area contributed by atoms with Gasteiger partial charge in [0.05, 0.1) is 11.0 Å². The van der Waals surface area contributed by atoms with E-state index in [1.807, 2.05) is 56.6 Å². The number of halogens is 1. The highest BCUT2D eigenvalue weighted by atomic mass is 35.5. The number of nitriles is 1. The number of nitrogens with one attached hydrogen (secondary N) is 4. The van der Waals surface area contributed by atoms with Crippen LogP contribution in [0.1, 0.15) is 35.4 Å². The van der Waals surface area contributed by atoms with Gasteiger partial charge in [0.15, 0.2) is 5.84 Å². The van der Waals surface area contributed by atoms with Crippen molar-refractivity contribution < 1.29 is 0 Å². The van der Waals surface area contributed by atoms with Crippen molar-refractivity contribution in [3.8, 4) is 6.19 Å². The molecule has 180 valence electrons. The van der Waals surface area contributed by atoms with Gasteiger partial charge >= 0.3 is 0 Å². The molecule has 1 aromatic heterocycles. The lowest BCUT2D eigenvalue weighted by atomic mass is 10.0. The first-order valence-corrected chi connectivity index (χ1v) is 11.4. The summed E-state index contributed by atoms with van der Waals surface area (Å²) in [5, 5.41) is 16.2. The second-order valence-corrected chi connectivity index (χ2v) is 8.41. The van der Waals surface area contributed by atoms with Crippen LogP contribution in [0.5, 0.6) is 0 Å². The second kappa shape index (κ2) is 11.9. The molecule has 35 heavy (non-hydrogen) atoms. The Hall–Kier alpha value is -4.06. The van der Waals surface area contributed by atoms with Crippen LogP contribution in [-0.4, -0.2) is 29.4 Å². The van der Waals surface area contributed by atoms with E-state index in [2.05, 4.69) is 45.6 Å². The van der Waals surface area contributed by atoms with Crippen LogP contribution in [0.25, 0.3) is 16.6 Å². The van der Waals surface area contributed by atoms with Crippen LogP contribution in [0.3, 0.4) is 0 Å². The molecule has 0 spiro atoms. The number of aliphatic imine (C=N–C) groups is 1. The third-order valence-corrected chi connectivity index (χ3v) is 5.77. The van der Waals surface area contributed by atoms with E-state index < -0.39 is 0 Å². The van der Waals surface area contributed by atoms with E-state index in [1.54, 1.807) is 12.3 Å². The zero-order chi connectivity index (χ0) is 25.4. The monoisotopic (exact) mass is 488 g/mol. The quantitative estimate of drug-likeness (QED) is 0.0765. The number of hydrogen-bond acceptors (Lipinski definition) is 6. The number of aromatic amines is 1. The average molecular weight is 489 g/mol. The molecule has 1 unspecified atom stereocenters. The van der Waals surface area contributed by atoms with E-state index in [9.17, 15) is 0 Å². The standard InChI is InChI=1S/C26H29ClN8/c1-5-21(22(9-10-30-4)31-14-17(3)18-7-6-8-20(27)12-18)26-33-23-13-19(25(35-29)32-15-28)11-16(2)24(23)34-26/h5-13,17,30-31H,1,14,29H2,2-4H3,(H,32,35)(H,33,34)/b10-9-,22-21-. The van der Waals surface area contributed by atoms with E-state index in [4.69, 9.17) is 27.7 Å². The number of allylic oxidation sites excluding steroid dienone is 3. The smallest absolute Gasteiger partial charge is 0.207 e. The number of aryl methyl sites for hydroxylation is 1. The Morgan fingerprint density at radius 3 is 2.83 bits per heavy atom. The molecule has 0 amide bonds. The minimum Gasteiger partial charge on any atom is -0.394 e. The molecule has 0 fully saturated rings. The number of H-pyrrole nitrogens is 1. The number of aromatic nitrogens is 2. The van der Waals surface area contributed by atoms with Crippen molar-refractivity contribution in [2.24, 2.45) is 10.8 Å². The van der Waals surface area contributed by atoms with Gasteiger partial charge in [0.1, 0.15) is 5.82 Å². The predicted octanol–water partition coefficient (Wildman–Crippen LogP) is 4.24. The number of fused-ring (bicyclic) bond motifs is 1. The molecule has 6 N–H and O–H groups in total. The van der Waals surface area contributed by atoms with Crippen LogP contribution in [0.15, 0.2) is 72.0 Å². The van der Waals surface area contributed by atoms with E-state index in [-0.39, 0.29) is 11.8 Å². The molecular formula is C26H29ClN8. The molecule has 3 rings (SSSR count). The summed E-state index contributed by atoms with van der Waals surface area (Å²) in [6.07, 6.45) is 7.32. The van der Waals surface area contributed by atoms with Crippen molar-refractivity contribution in [3.05, 3.63) is 94.6 Å². The Balaban J connectivity index is 2.01. The van der Waals surface area contributed by atoms with E-state index in [0.717, 1.165) is 38.5 Å². The van der Waals surface area contributed by atoms with Crippen LogP contribution in [0, 0.1) is 18.4 Å². The summed E-state index contributed by atoms with van der Waals surface area (Å²) in [6, 6.07) is 11.6. The highest BCUT2D eigenvalue weighted by Crippen LogP contribution is 2.25. The summed E-state index contributed by atoms with van der Waals surface area (Å²) in [5.74, 6) is 6.71. The number of rotatable bonds is 9. The van der Waals surface area contributed by atoms with E-state index >= 15 is 0 Å². The first-order valence-electron chi connectivity index (χ1n) is 11.1. The lowest BCUT2D eigenvalue weighted by molar-refractivity contribution is 0.687. The van der Waals surface area contributed by atoms with Gasteiger partial charge in [-0.3, -0.25) is 0 Å². The van der Waals surface area contributed by atoms with Crippen molar-refractivity contribution in [3.63, 3.8) is 0 Å². The first kappa shape index (κ1) is 25.6. The minimum atomic E-state index is 0.222. The van der Waals surface area contributed by atoms with Gasteiger partial charge in [0, 0.05) is 35.4 Å². The van der Waals surface area contributed by atoms with Crippen molar-refractivity contribution in [1.82, 2.24) is 26.0 Å². The largest absolute Gasteiger partial charge is 0.394 e. The van der Waals surface area contributed by atoms with Crippen molar-refractivity contribution in [2.75, 3.05) is 13.6 Å².